The van der Waals surface area contributed by atoms with Crippen molar-refractivity contribution < 1.29 is 18.8 Å². The SMILES string of the molecule is Cc1nc(COc2ccccc2C(=O)Nc2nc3ccc(Oc4ccccc4)cc3s2)no1. The second kappa shape index (κ2) is 9.09. The quantitative estimate of drug-likeness (QED) is 0.338. The van der Waals surface area contributed by atoms with Crippen LogP contribution < -0.4 is 14.8 Å². The van der Waals surface area contributed by atoms with E-state index in [1.54, 1.807) is 31.2 Å². The number of benzene rings is 3. The van der Waals surface area contributed by atoms with Crippen LogP contribution in [0, 0.1) is 6.92 Å². The number of anilines is 1. The van der Waals surface area contributed by atoms with Crippen LogP contribution in [0.25, 0.3) is 10.2 Å². The van der Waals surface area contributed by atoms with Gasteiger partial charge in [0.25, 0.3) is 5.91 Å². The molecule has 0 fully saturated rings. The van der Waals surface area contributed by atoms with Gasteiger partial charge in [0, 0.05) is 13.0 Å². The van der Waals surface area contributed by atoms with Crippen molar-refractivity contribution in [1.82, 2.24) is 15.1 Å². The minimum atomic E-state index is -0.324. The number of aromatic nitrogens is 3. The Kier molecular flexibility index (Phi) is 5.69. The van der Waals surface area contributed by atoms with E-state index in [-0.39, 0.29) is 12.5 Å². The predicted molar refractivity (Wildman–Crippen MR) is 124 cm³/mol. The number of nitrogens with one attached hydrogen (secondary N) is 1. The molecule has 3 aromatic carbocycles. The van der Waals surface area contributed by atoms with Crippen LogP contribution in [0.1, 0.15) is 22.1 Å². The first-order chi connectivity index (χ1) is 16.1. The van der Waals surface area contributed by atoms with Gasteiger partial charge >= 0.3 is 0 Å². The molecular weight excluding hydrogens is 440 g/mol. The molecule has 5 rings (SSSR count). The molecule has 0 aliphatic heterocycles. The number of carbonyl (C=O) groups excluding carboxylic acids is 1. The summed E-state index contributed by atoms with van der Waals surface area (Å²) >= 11 is 1.37. The number of rotatable bonds is 7. The molecule has 1 amide bonds. The molecule has 2 aromatic heterocycles. The predicted octanol–water partition coefficient (Wildman–Crippen LogP) is 5.61. The van der Waals surface area contributed by atoms with Crippen LogP contribution in [-0.4, -0.2) is 21.0 Å². The summed E-state index contributed by atoms with van der Waals surface area (Å²) in [4.78, 5) is 21.6. The maximum absolute atomic E-state index is 12.9. The van der Waals surface area contributed by atoms with Crippen LogP contribution in [0.15, 0.2) is 77.3 Å². The Morgan fingerprint density at radius 2 is 1.82 bits per heavy atom. The Labute approximate surface area is 192 Å². The van der Waals surface area contributed by atoms with E-state index in [1.165, 1.54) is 11.3 Å². The van der Waals surface area contributed by atoms with Gasteiger partial charge in [-0.2, -0.15) is 4.98 Å². The van der Waals surface area contributed by atoms with Crippen LogP contribution in [-0.2, 0) is 6.61 Å². The van der Waals surface area contributed by atoms with E-state index < -0.39 is 0 Å². The van der Waals surface area contributed by atoms with Crippen LogP contribution in [0.4, 0.5) is 5.13 Å². The third-order valence-corrected chi connectivity index (χ3v) is 5.55. The first kappa shape index (κ1) is 20.7. The summed E-state index contributed by atoms with van der Waals surface area (Å²) in [6.45, 7) is 1.79. The molecule has 5 aromatic rings. The lowest BCUT2D eigenvalue weighted by atomic mass is 10.2. The third kappa shape index (κ3) is 4.83. The molecular formula is C24H18N4O4S. The maximum Gasteiger partial charge on any atom is 0.261 e. The van der Waals surface area contributed by atoms with E-state index >= 15 is 0 Å². The molecule has 8 nitrogen and oxygen atoms in total. The summed E-state index contributed by atoms with van der Waals surface area (Å²) in [6.07, 6.45) is 0. The van der Waals surface area contributed by atoms with Gasteiger partial charge in [0.1, 0.15) is 17.2 Å². The highest BCUT2D eigenvalue weighted by Gasteiger charge is 2.16. The van der Waals surface area contributed by atoms with Crippen LogP contribution in [0.3, 0.4) is 0 Å². The fourth-order valence-electron chi connectivity index (χ4n) is 3.13. The monoisotopic (exact) mass is 458 g/mol. The van der Waals surface area contributed by atoms with E-state index in [4.69, 9.17) is 14.0 Å². The smallest absolute Gasteiger partial charge is 0.261 e. The maximum atomic E-state index is 12.9. The first-order valence-electron chi connectivity index (χ1n) is 10.1. The van der Waals surface area contributed by atoms with E-state index in [0.717, 1.165) is 16.0 Å². The van der Waals surface area contributed by atoms with Crippen molar-refractivity contribution in [3.63, 3.8) is 0 Å². The molecule has 2 heterocycles. The molecule has 0 radical (unpaired) electrons. The molecule has 9 heteroatoms. The van der Waals surface area contributed by atoms with Crippen molar-refractivity contribution >= 4 is 32.6 Å². The molecule has 1 N–H and O–H groups in total. The molecule has 164 valence electrons. The normalized spacial score (nSPS) is 10.8. The van der Waals surface area contributed by atoms with Gasteiger partial charge in [-0.3, -0.25) is 10.1 Å². The Morgan fingerprint density at radius 3 is 2.64 bits per heavy atom. The molecule has 0 atom stereocenters. The lowest BCUT2D eigenvalue weighted by molar-refractivity contribution is 0.102. The molecule has 0 saturated carbocycles. The van der Waals surface area contributed by atoms with Gasteiger partial charge in [0.2, 0.25) is 11.7 Å². The van der Waals surface area contributed by atoms with Gasteiger partial charge in [0.05, 0.1) is 15.8 Å². The van der Waals surface area contributed by atoms with Gasteiger partial charge in [0.15, 0.2) is 11.7 Å². The molecule has 33 heavy (non-hydrogen) atoms. The summed E-state index contributed by atoms with van der Waals surface area (Å²) in [5, 5.41) is 7.14. The summed E-state index contributed by atoms with van der Waals surface area (Å²) in [6, 6.07) is 22.1. The Morgan fingerprint density at radius 1 is 1.00 bits per heavy atom. The Hall–Kier alpha value is -4.24. The van der Waals surface area contributed by atoms with Gasteiger partial charge in [-0.25, -0.2) is 4.98 Å². The van der Waals surface area contributed by atoms with Crippen LogP contribution in [0.2, 0.25) is 0 Å². The Bertz CT molecular complexity index is 1410. The van der Waals surface area contributed by atoms with Gasteiger partial charge < -0.3 is 14.0 Å². The minimum absolute atomic E-state index is 0.0902. The van der Waals surface area contributed by atoms with Crippen LogP contribution >= 0.6 is 11.3 Å². The highest BCUT2D eigenvalue weighted by atomic mass is 32.1. The fourth-order valence-corrected chi connectivity index (χ4v) is 4.02. The van der Waals surface area contributed by atoms with E-state index in [9.17, 15) is 4.79 Å². The van der Waals surface area contributed by atoms with E-state index in [2.05, 4.69) is 20.4 Å². The molecule has 0 unspecified atom stereocenters. The van der Waals surface area contributed by atoms with Crippen molar-refractivity contribution in [2.75, 3.05) is 5.32 Å². The zero-order valence-corrected chi connectivity index (χ0v) is 18.3. The number of aryl methyl sites for hydroxylation is 1. The topological polar surface area (TPSA) is 99.4 Å². The number of ether oxygens (including phenoxy) is 2. The molecule has 0 spiro atoms. The fraction of sp³-hybridized carbons (Fsp3) is 0.0833. The zero-order chi connectivity index (χ0) is 22.6. The van der Waals surface area contributed by atoms with Crippen LogP contribution in [0.5, 0.6) is 17.2 Å². The summed E-state index contributed by atoms with van der Waals surface area (Å²) in [5.41, 5.74) is 1.15. The lowest BCUT2D eigenvalue weighted by Crippen LogP contribution is -2.13. The van der Waals surface area contributed by atoms with Crippen molar-refractivity contribution in [3.8, 4) is 17.2 Å². The van der Waals surface area contributed by atoms with Gasteiger partial charge in [-0.05, 0) is 36.4 Å². The number of nitrogens with zero attached hydrogens (tertiary/aromatic N) is 3. The highest BCUT2D eigenvalue weighted by Crippen LogP contribution is 2.32. The number of amides is 1. The Balaban J connectivity index is 1.31. The summed E-state index contributed by atoms with van der Waals surface area (Å²) in [7, 11) is 0. The number of thiazole rings is 1. The van der Waals surface area contributed by atoms with Gasteiger partial charge in [-0.15, -0.1) is 0 Å². The number of fused-ring (bicyclic) bond motifs is 1. The van der Waals surface area contributed by atoms with Crippen molar-refractivity contribution in [2.45, 2.75) is 13.5 Å². The van der Waals surface area contributed by atoms with E-state index in [0.29, 0.717) is 33.9 Å². The van der Waals surface area contributed by atoms with Gasteiger partial charge in [-0.1, -0.05) is 46.8 Å². The van der Waals surface area contributed by atoms with E-state index in [1.807, 2.05) is 48.5 Å². The zero-order valence-electron chi connectivity index (χ0n) is 17.5. The lowest BCUT2D eigenvalue weighted by Gasteiger charge is -2.09. The number of carbonyl (C=O) groups is 1. The second-order valence-corrected chi connectivity index (χ2v) is 8.06. The minimum Gasteiger partial charge on any atom is -0.485 e. The number of hydrogen-bond donors (Lipinski definition) is 1. The highest BCUT2D eigenvalue weighted by molar-refractivity contribution is 7.22. The second-order valence-electron chi connectivity index (χ2n) is 7.03. The average molecular weight is 458 g/mol. The molecule has 0 aliphatic rings. The third-order valence-electron chi connectivity index (χ3n) is 4.62. The largest absolute Gasteiger partial charge is 0.485 e. The molecule has 0 bridgehead atoms. The summed E-state index contributed by atoms with van der Waals surface area (Å²) in [5.74, 6) is 2.40. The standard InChI is InChI=1S/C24H18N4O4S/c1-15-25-22(28-32-15)14-30-20-10-6-5-9-18(20)23(29)27-24-26-19-12-11-17(13-21(19)33-24)31-16-7-3-2-4-8-16/h2-13H,14H2,1H3,(H,26,27,29). The first-order valence-corrected chi connectivity index (χ1v) is 10.9. The average Bonchev–Trinajstić information content (AvgIpc) is 3.43. The van der Waals surface area contributed by atoms with Crippen molar-refractivity contribution in [1.29, 1.82) is 0 Å². The molecule has 0 saturated heterocycles. The number of hydrogen-bond acceptors (Lipinski definition) is 8. The van der Waals surface area contributed by atoms with Crippen molar-refractivity contribution in [3.05, 3.63) is 90.1 Å². The van der Waals surface area contributed by atoms with Crippen molar-refractivity contribution in [2.24, 2.45) is 0 Å². The molecule has 0 aliphatic carbocycles. The number of para-hydroxylation sites is 2. The summed E-state index contributed by atoms with van der Waals surface area (Å²) < 4.78 is 17.5.